The van der Waals surface area contributed by atoms with E-state index in [0.29, 0.717) is 0 Å². The van der Waals surface area contributed by atoms with Gasteiger partial charge in [-0.3, -0.25) is 9.09 Å². The molecule has 1 fully saturated rings. The van der Waals surface area contributed by atoms with E-state index in [-0.39, 0.29) is 0 Å². The molecule has 1 aliphatic rings. The van der Waals surface area contributed by atoms with Crippen LogP contribution in [-0.4, -0.2) is 67.3 Å². The number of phosphoric acid groups is 2. The first-order valence-electron chi connectivity index (χ1n) is 5.47. The van der Waals surface area contributed by atoms with Gasteiger partial charge in [-0.1, -0.05) is 0 Å². The molecule has 1 heterocycles. The van der Waals surface area contributed by atoms with Crippen molar-refractivity contribution in [3.63, 3.8) is 0 Å². The van der Waals surface area contributed by atoms with Crippen molar-refractivity contribution >= 4 is 15.6 Å². The molecule has 1 rings (SSSR count). The van der Waals surface area contributed by atoms with Crippen LogP contribution in [0.25, 0.3) is 0 Å². The summed E-state index contributed by atoms with van der Waals surface area (Å²) < 4.78 is 33.8. The van der Waals surface area contributed by atoms with Crippen LogP contribution in [0, 0.1) is 0 Å². The van der Waals surface area contributed by atoms with Crippen molar-refractivity contribution in [1.29, 1.82) is 0 Å². The van der Waals surface area contributed by atoms with Crippen molar-refractivity contribution in [3.05, 3.63) is 0 Å². The van der Waals surface area contributed by atoms with Gasteiger partial charge in [-0.25, -0.2) is 4.57 Å². The SMILES string of the molecule is O=P([O-])(O)OC[C@@]1(O)O[C@H](COP(=O)(O)O)C(O)CC1O. The maximum Gasteiger partial charge on any atom is 0.469 e. The highest BCUT2D eigenvalue weighted by atomic mass is 31.2. The quantitative estimate of drug-likeness (QED) is 0.261. The standard InChI is InChI=1S/C7H16O12P2/c8-4-1-6(9)7(10,3-18-21(14,15)16)19-5(4)2-17-20(11,12)13/h4-6,8-10H,1-3H2,(H2,11,12,13)(H2,14,15,16)/p-1/t4?,5-,6?,7-/m1/s1. The molecule has 1 saturated heterocycles. The second-order valence-electron chi connectivity index (χ2n) is 4.35. The number of rotatable bonds is 6. The van der Waals surface area contributed by atoms with Gasteiger partial charge in [0.2, 0.25) is 5.79 Å². The number of aliphatic hydroxyl groups excluding tert-OH is 2. The van der Waals surface area contributed by atoms with Crippen molar-refractivity contribution in [1.82, 2.24) is 0 Å². The van der Waals surface area contributed by atoms with Gasteiger partial charge in [0.05, 0.1) is 12.7 Å². The van der Waals surface area contributed by atoms with Crippen molar-refractivity contribution in [3.8, 4) is 0 Å². The Balaban J connectivity index is 2.72. The Hall–Kier alpha value is 0.0600. The molecule has 0 radical (unpaired) electrons. The summed E-state index contributed by atoms with van der Waals surface area (Å²) in [6, 6.07) is 0. The summed E-state index contributed by atoms with van der Waals surface area (Å²) in [4.78, 5) is 36.0. The Morgan fingerprint density at radius 1 is 1.24 bits per heavy atom. The molecule has 12 nitrogen and oxygen atoms in total. The molecule has 14 heteroatoms. The predicted molar refractivity (Wildman–Crippen MR) is 60.2 cm³/mol. The van der Waals surface area contributed by atoms with Crippen LogP contribution in [0.5, 0.6) is 0 Å². The van der Waals surface area contributed by atoms with Crippen molar-refractivity contribution in [2.45, 2.75) is 30.5 Å². The average Bonchev–Trinajstić information content (AvgIpc) is 2.28. The fourth-order valence-electron chi connectivity index (χ4n) is 1.60. The number of phosphoric ester groups is 2. The van der Waals surface area contributed by atoms with Gasteiger partial charge in [-0.05, 0) is 0 Å². The molecule has 21 heavy (non-hydrogen) atoms. The minimum atomic E-state index is -5.20. The Kier molecular flexibility index (Phi) is 6.07. The molecular formula is C7H15O12P2-. The van der Waals surface area contributed by atoms with Crippen LogP contribution in [0.1, 0.15) is 6.42 Å². The smallest absolute Gasteiger partial charge is 0.469 e. The highest BCUT2D eigenvalue weighted by Gasteiger charge is 2.48. The summed E-state index contributed by atoms with van der Waals surface area (Å²) in [5, 5.41) is 29.0. The molecule has 0 saturated carbocycles. The molecular weight excluding hydrogens is 338 g/mol. The van der Waals surface area contributed by atoms with Gasteiger partial charge in [0.1, 0.15) is 18.8 Å². The lowest BCUT2D eigenvalue weighted by atomic mass is 9.96. The van der Waals surface area contributed by atoms with Crippen LogP contribution in [-0.2, 0) is 22.9 Å². The zero-order chi connectivity index (χ0) is 16.5. The van der Waals surface area contributed by atoms with E-state index in [1.807, 2.05) is 0 Å². The maximum atomic E-state index is 10.6. The van der Waals surface area contributed by atoms with Crippen LogP contribution in [0.4, 0.5) is 0 Å². The van der Waals surface area contributed by atoms with Gasteiger partial charge in [0, 0.05) is 6.42 Å². The van der Waals surface area contributed by atoms with E-state index in [1.165, 1.54) is 0 Å². The molecule has 5 atom stereocenters. The van der Waals surface area contributed by atoms with E-state index in [0.717, 1.165) is 0 Å². The molecule has 0 amide bonds. The lowest BCUT2D eigenvalue weighted by molar-refractivity contribution is -0.335. The average molecular weight is 353 g/mol. The third kappa shape index (κ3) is 6.37. The topological polar surface area (TPSA) is 206 Å². The van der Waals surface area contributed by atoms with Crippen molar-refractivity contribution in [2.24, 2.45) is 0 Å². The first-order chi connectivity index (χ1) is 9.32. The van der Waals surface area contributed by atoms with E-state index in [1.54, 1.807) is 0 Å². The van der Waals surface area contributed by atoms with E-state index in [4.69, 9.17) is 19.4 Å². The molecule has 0 aromatic carbocycles. The van der Waals surface area contributed by atoms with Crippen molar-refractivity contribution in [2.75, 3.05) is 13.2 Å². The van der Waals surface area contributed by atoms with E-state index < -0.39 is 59.4 Å². The second kappa shape index (κ2) is 6.67. The largest absolute Gasteiger partial charge is 0.756 e. The molecule has 0 bridgehead atoms. The van der Waals surface area contributed by atoms with Gasteiger partial charge in [-0.15, -0.1) is 0 Å². The molecule has 6 N–H and O–H groups in total. The monoisotopic (exact) mass is 353 g/mol. The molecule has 0 spiro atoms. The second-order valence-corrected chi connectivity index (χ2v) is 6.78. The Morgan fingerprint density at radius 3 is 2.29 bits per heavy atom. The molecule has 0 aliphatic carbocycles. The van der Waals surface area contributed by atoms with Crippen LogP contribution in [0.15, 0.2) is 0 Å². The Labute approximate surface area is 118 Å². The fraction of sp³-hybridized carbons (Fsp3) is 1.00. The highest BCUT2D eigenvalue weighted by Crippen LogP contribution is 2.39. The lowest BCUT2D eigenvalue weighted by Gasteiger charge is -2.43. The number of ether oxygens (including phenoxy) is 1. The fourth-order valence-corrected chi connectivity index (χ4v) is 2.29. The molecule has 0 aromatic rings. The molecule has 126 valence electrons. The summed E-state index contributed by atoms with van der Waals surface area (Å²) in [6.07, 6.45) is -5.20. The number of hydrogen-bond donors (Lipinski definition) is 6. The van der Waals surface area contributed by atoms with Gasteiger partial charge < -0.3 is 44.2 Å². The first-order valence-corrected chi connectivity index (χ1v) is 8.50. The normalized spacial score (nSPS) is 37.2. The third-order valence-corrected chi connectivity index (χ3v) is 3.55. The summed E-state index contributed by atoms with van der Waals surface area (Å²) in [6.45, 7) is -2.03. The van der Waals surface area contributed by atoms with Crippen LogP contribution < -0.4 is 4.89 Å². The number of hydrogen-bond acceptors (Lipinski definition) is 9. The van der Waals surface area contributed by atoms with Crippen LogP contribution in [0.3, 0.4) is 0 Å². The summed E-state index contributed by atoms with van der Waals surface area (Å²) in [5.41, 5.74) is 0. The highest BCUT2D eigenvalue weighted by molar-refractivity contribution is 7.46. The Bertz CT molecular complexity index is 443. The maximum absolute atomic E-state index is 10.6. The molecule has 0 aromatic heterocycles. The van der Waals surface area contributed by atoms with E-state index in [2.05, 4.69) is 9.05 Å². The zero-order valence-electron chi connectivity index (χ0n) is 10.4. The van der Waals surface area contributed by atoms with Gasteiger partial charge in [0.15, 0.2) is 0 Å². The third-order valence-electron chi connectivity index (χ3n) is 2.61. The van der Waals surface area contributed by atoms with Crippen LogP contribution in [0.2, 0.25) is 0 Å². The van der Waals surface area contributed by atoms with Crippen LogP contribution >= 0.6 is 15.6 Å². The van der Waals surface area contributed by atoms with Gasteiger partial charge in [-0.2, -0.15) is 0 Å². The van der Waals surface area contributed by atoms with E-state index >= 15 is 0 Å². The zero-order valence-corrected chi connectivity index (χ0v) is 12.2. The summed E-state index contributed by atoms with van der Waals surface area (Å²) >= 11 is 0. The van der Waals surface area contributed by atoms with Gasteiger partial charge in [0.25, 0.3) is 7.82 Å². The minimum absolute atomic E-state index is 0.510. The summed E-state index contributed by atoms with van der Waals surface area (Å²) in [5.74, 6) is -2.62. The lowest BCUT2D eigenvalue weighted by Crippen LogP contribution is -2.59. The van der Waals surface area contributed by atoms with Crippen molar-refractivity contribution < 1.29 is 57.8 Å². The summed E-state index contributed by atoms with van der Waals surface area (Å²) in [7, 11) is -10.1. The first kappa shape index (κ1) is 19.1. The molecule has 3 unspecified atom stereocenters. The van der Waals surface area contributed by atoms with Gasteiger partial charge >= 0.3 is 7.82 Å². The number of aliphatic hydroxyl groups is 3. The Morgan fingerprint density at radius 2 is 1.81 bits per heavy atom. The minimum Gasteiger partial charge on any atom is -0.756 e. The predicted octanol–water partition coefficient (Wildman–Crippen LogP) is -3.23. The van der Waals surface area contributed by atoms with E-state index in [9.17, 15) is 29.3 Å². The molecule has 1 aliphatic heterocycles.